The van der Waals surface area contributed by atoms with Gasteiger partial charge in [-0.05, 0) is 56.2 Å². The molecule has 1 fully saturated rings. The molecule has 6 nitrogen and oxygen atoms in total. The maximum atomic E-state index is 12.8. The van der Waals surface area contributed by atoms with Crippen molar-refractivity contribution in [2.75, 3.05) is 31.6 Å². The van der Waals surface area contributed by atoms with Gasteiger partial charge in [-0.1, -0.05) is 18.2 Å². The van der Waals surface area contributed by atoms with Gasteiger partial charge in [0.25, 0.3) is 11.8 Å². The molecule has 1 aliphatic rings. The number of para-hydroxylation sites is 1. The third-order valence-corrected chi connectivity index (χ3v) is 4.87. The molecule has 2 aromatic rings. The molecular weight excluding hydrogens is 356 g/mol. The van der Waals surface area contributed by atoms with E-state index in [1.165, 1.54) is 5.56 Å². The Hall–Kier alpha value is -2.86. The number of anilines is 1. The van der Waals surface area contributed by atoms with Crippen molar-refractivity contribution < 1.29 is 19.1 Å². The van der Waals surface area contributed by atoms with Gasteiger partial charge in [-0.2, -0.15) is 0 Å². The maximum Gasteiger partial charge on any atom is 0.265 e. The van der Waals surface area contributed by atoms with E-state index < -0.39 is 6.10 Å². The third-order valence-electron chi connectivity index (χ3n) is 4.87. The molecule has 1 saturated heterocycles. The van der Waals surface area contributed by atoms with E-state index in [0.717, 1.165) is 5.56 Å². The first-order chi connectivity index (χ1) is 13.5. The summed E-state index contributed by atoms with van der Waals surface area (Å²) < 4.78 is 11.1. The van der Waals surface area contributed by atoms with Gasteiger partial charge in [0.05, 0.1) is 24.5 Å². The molecule has 0 aromatic heterocycles. The number of benzene rings is 2. The van der Waals surface area contributed by atoms with E-state index in [-0.39, 0.29) is 11.8 Å². The zero-order valence-electron chi connectivity index (χ0n) is 16.5. The highest BCUT2D eigenvalue weighted by Crippen LogP contribution is 2.21. The summed E-state index contributed by atoms with van der Waals surface area (Å²) in [5.74, 6) is 0.228. The molecule has 0 aliphatic carbocycles. The van der Waals surface area contributed by atoms with Crippen LogP contribution < -0.4 is 10.1 Å². The van der Waals surface area contributed by atoms with Crippen LogP contribution in [0.1, 0.15) is 28.4 Å². The second-order valence-electron chi connectivity index (χ2n) is 6.95. The Balaban J connectivity index is 1.69. The Kier molecular flexibility index (Phi) is 6.31. The Morgan fingerprint density at radius 3 is 2.50 bits per heavy atom. The summed E-state index contributed by atoms with van der Waals surface area (Å²) in [6.07, 6.45) is -0.700. The van der Waals surface area contributed by atoms with Crippen LogP contribution in [0.5, 0.6) is 5.75 Å². The quantitative estimate of drug-likeness (QED) is 0.862. The van der Waals surface area contributed by atoms with Crippen molar-refractivity contribution in [3.63, 3.8) is 0 Å². The molecule has 0 spiro atoms. The monoisotopic (exact) mass is 382 g/mol. The minimum absolute atomic E-state index is 0.109. The highest BCUT2D eigenvalue weighted by Gasteiger charge is 2.23. The normalized spacial score (nSPS) is 15.0. The van der Waals surface area contributed by atoms with Crippen molar-refractivity contribution in [1.82, 2.24) is 4.90 Å². The van der Waals surface area contributed by atoms with Crippen LogP contribution in [-0.2, 0) is 9.53 Å². The number of rotatable bonds is 5. The van der Waals surface area contributed by atoms with E-state index in [2.05, 4.69) is 5.32 Å². The standard InChI is InChI=1S/C22H26N2O4/c1-15-8-9-18(14-16(15)2)28-17(3)21(25)23-20-7-5-4-6-19(20)22(26)24-10-12-27-13-11-24/h4-9,14,17H,10-13H2,1-3H3,(H,23,25). The summed E-state index contributed by atoms with van der Waals surface area (Å²) in [4.78, 5) is 27.2. The lowest BCUT2D eigenvalue weighted by Crippen LogP contribution is -2.41. The summed E-state index contributed by atoms with van der Waals surface area (Å²) in [5, 5.41) is 2.83. The van der Waals surface area contributed by atoms with E-state index in [4.69, 9.17) is 9.47 Å². The lowest BCUT2D eigenvalue weighted by atomic mass is 10.1. The van der Waals surface area contributed by atoms with Crippen molar-refractivity contribution in [3.8, 4) is 5.75 Å². The van der Waals surface area contributed by atoms with Crippen molar-refractivity contribution in [2.24, 2.45) is 0 Å². The fourth-order valence-corrected chi connectivity index (χ4v) is 2.99. The molecule has 1 aliphatic heterocycles. The molecule has 1 N–H and O–H groups in total. The Labute approximate surface area is 165 Å². The molecule has 1 unspecified atom stereocenters. The summed E-state index contributed by atoms with van der Waals surface area (Å²) in [6, 6.07) is 12.8. The van der Waals surface area contributed by atoms with Crippen LogP contribution in [0.2, 0.25) is 0 Å². The highest BCUT2D eigenvalue weighted by atomic mass is 16.5. The molecular formula is C22H26N2O4. The Morgan fingerprint density at radius 2 is 1.79 bits per heavy atom. The maximum absolute atomic E-state index is 12.8. The number of morpholine rings is 1. The van der Waals surface area contributed by atoms with Crippen LogP contribution in [0, 0.1) is 13.8 Å². The van der Waals surface area contributed by atoms with E-state index in [0.29, 0.717) is 43.3 Å². The van der Waals surface area contributed by atoms with Gasteiger partial charge in [-0.25, -0.2) is 0 Å². The SMILES string of the molecule is Cc1ccc(OC(C)C(=O)Nc2ccccc2C(=O)N2CCOCC2)cc1C. The van der Waals surface area contributed by atoms with Crippen LogP contribution in [0.25, 0.3) is 0 Å². The van der Waals surface area contributed by atoms with Gasteiger partial charge in [-0.3, -0.25) is 9.59 Å². The Morgan fingerprint density at radius 1 is 1.07 bits per heavy atom. The molecule has 2 aromatic carbocycles. The summed E-state index contributed by atoms with van der Waals surface area (Å²) in [5.41, 5.74) is 3.22. The predicted molar refractivity (Wildman–Crippen MR) is 108 cm³/mol. The van der Waals surface area contributed by atoms with Gasteiger partial charge in [0, 0.05) is 13.1 Å². The first kappa shape index (κ1) is 19.9. The first-order valence-corrected chi connectivity index (χ1v) is 9.46. The van der Waals surface area contributed by atoms with Gasteiger partial charge < -0.3 is 19.7 Å². The minimum atomic E-state index is -0.700. The lowest BCUT2D eigenvalue weighted by Gasteiger charge is -2.27. The molecule has 0 radical (unpaired) electrons. The average molecular weight is 382 g/mol. The lowest BCUT2D eigenvalue weighted by molar-refractivity contribution is -0.122. The largest absolute Gasteiger partial charge is 0.481 e. The number of ether oxygens (including phenoxy) is 2. The molecule has 0 saturated carbocycles. The fraction of sp³-hybridized carbons (Fsp3) is 0.364. The van der Waals surface area contributed by atoms with Crippen LogP contribution in [0.3, 0.4) is 0 Å². The van der Waals surface area contributed by atoms with Crippen molar-refractivity contribution in [3.05, 3.63) is 59.2 Å². The fourth-order valence-electron chi connectivity index (χ4n) is 2.99. The van der Waals surface area contributed by atoms with Crippen LogP contribution in [0.15, 0.2) is 42.5 Å². The number of aryl methyl sites for hydroxylation is 2. The van der Waals surface area contributed by atoms with E-state index in [9.17, 15) is 9.59 Å². The van der Waals surface area contributed by atoms with Gasteiger partial charge in [0.1, 0.15) is 5.75 Å². The molecule has 2 amide bonds. The van der Waals surface area contributed by atoms with E-state index in [1.807, 2.05) is 32.0 Å². The number of hydrogen-bond acceptors (Lipinski definition) is 4. The molecule has 148 valence electrons. The zero-order chi connectivity index (χ0) is 20.1. The molecule has 3 rings (SSSR count). The second-order valence-corrected chi connectivity index (χ2v) is 6.95. The number of hydrogen-bond donors (Lipinski definition) is 1. The van der Waals surface area contributed by atoms with Gasteiger partial charge >= 0.3 is 0 Å². The predicted octanol–water partition coefficient (Wildman–Crippen LogP) is 3.18. The summed E-state index contributed by atoms with van der Waals surface area (Å²) >= 11 is 0. The topological polar surface area (TPSA) is 67.9 Å². The zero-order valence-corrected chi connectivity index (χ0v) is 16.5. The Bertz CT molecular complexity index is 859. The first-order valence-electron chi connectivity index (χ1n) is 9.46. The number of amides is 2. The van der Waals surface area contributed by atoms with E-state index in [1.54, 1.807) is 36.1 Å². The molecule has 28 heavy (non-hydrogen) atoms. The van der Waals surface area contributed by atoms with Gasteiger partial charge in [0.15, 0.2) is 6.10 Å². The molecule has 1 atom stereocenters. The molecule has 0 bridgehead atoms. The second kappa shape index (κ2) is 8.89. The van der Waals surface area contributed by atoms with Gasteiger partial charge in [-0.15, -0.1) is 0 Å². The number of nitrogens with one attached hydrogen (secondary N) is 1. The average Bonchev–Trinajstić information content (AvgIpc) is 2.71. The molecule has 6 heteroatoms. The van der Waals surface area contributed by atoms with Crippen LogP contribution in [-0.4, -0.2) is 49.1 Å². The molecule has 1 heterocycles. The third kappa shape index (κ3) is 4.70. The van der Waals surface area contributed by atoms with Crippen molar-refractivity contribution >= 4 is 17.5 Å². The minimum Gasteiger partial charge on any atom is -0.481 e. The van der Waals surface area contributed by atoms with Crippen molar-refractivity contribution in [2.45, 2.75) is 26.9 Å². The number of nitrogens with zero attached hydrogens (tertiary/aromatic N) is 1. The van der Waals surface area contributed by atoms with Crippen molar-refractivity contribution in [1.29, 1.82) is 0 Å². The summed E-state index contributed by atoms with van der Waals surface area (Å²) in [6.45, 7) is 7.87. The summed E-state index contributed by atoms with van der Waals surface area (Å²) in [7, 11) is 0. The number of carbonyl (C=O) groups excluding carboxylic acids is 2. The highest BCUT2D eigenvalue weighted by molar-refractivity contribution is 6.04. The van der Waals surface area contributed by atoms with Gasteiger partial charge in [0.2, 0.25) is 0 Å². The number of carbonyl (C=O) groups is 2. The van der Waals surface area contributed by atoms with Crippen LogP contribution in [0.4, 0.5) is 5.69 Å². The smallest absolute Gasteiger partial charge is 0.265 e. The van der Waals surface area contributed by atoms with E-state index >= 15 is 0 Å². The van der Waals surface area contributed by atoms with Crippen LogP contribution >= 0.6 is 0 Å².